The zero-order chi connectivity index (χ0) is 19.2. The van der Waals surface area contributed by atoms with Crippen molar-refractivity contribution in [2.45, 2.75) is 32.9 Å². The Balaban J connectivity index is 1.65. The van der Waals surface area contributed by atoms with E-state index < -0.39 is 12.0 Å². The van der Waals surface area contributed by atoms with Crippen molar-refractivity contribution in [2.24, 2.45) is 5.92 Å². The SMILES string of the molecule is CC(C)CC(NC(=O)c1ccc2c(c1)OCO2)C(=O)OCc1ccccc1. The third-order valence-corrected chi connectivity index (χ3v) is 4.16. The van der Waals surface area contributed by atoms with Crippen LogP contribution in [-0.4, -0.2) is 24.7 Å². The molecule has 0 radical (unpaired) electrons. The second-order valence-corrected chi connectivity index (χ2v) is 6.82. The van der Waals surface area contributed by atoms with Gasteiger partial charge in [0.25, 0.3) is 5.91 Å². The van der Waals surface area contributed by atoms with Crippen LogP contribution in [0.2, 0.25) is 0 Å². The first-order chi connectivity index (χ1) is 13.0. The fourth-order valence-corrected chi connectivity index (χ4v) is 2.79. The van der Waals surface area contributed by atoms with Gasteiger partial charge < -0.3 is 19.5 Å². The van der Waals surface area contributed by atoms with E-state index in [1.807, 2.05) is 44.2 Å². The van der Waals surface area contributed by atoms with E-state index in [2.05, 4.69) is 5.32 Å². The van der Waals surface area contributed by atoms with Crippen LogP contribution in [0.3, 0.4) is 0 Å². The molecule has 2 aromatic carbocycles. The van der Waals surface area contributed by atoms with Crippen LogP contribution in [0.4, 0.5) is 0 Å². The summed E-state index contributed by atoms with van der Waals surface area (Å²) in [6.07, 6.45) is 0.490. The lowest BCUT2D eigenvalue weighted by molar-refractivity contribution is -0.147. The molecule has 6 heteroatoms. The first-order valence-electron chi connectivity index (χ1n) is 8.94. The van der Waals surface area contributed by atoms with Gasteiger partial charge in [-0.25, -0.2) is 4.79 Å². The number of ether oxygens (including phenoxy) is 3. The summed E-state index contributed by atoms with van der Waals surface area (Å²) in [6, 6.07) is 13.7. The molecule has 1 N–H and O–H groups in total. The van der Waals surface area contributed by atoms with Crippen molar-refractivity contribution >= 4 is 11.9 Å². The molecule has 0 fully saturated rings. The highest BCUT2D eigenvalue weighted by atomic mass is 16.7. The molecule has 0 aromatic heterocycles. The summed E-state index contributed by atoms with van der Waals surface area (Å²) in [4.78, 5) is 25.1. The van der Waals surface area contributed by atoms with Crippen LogP contribution >= 0.6 is 0 Å². The lowest BCUT2D eigenvalue weighted by Crippen LogP contribution is -2.42. The highest BCUT2D eigenvalue weighted by molar-refractivity contribution is 5.97. The quantitative estimate of drug-likeness (QED) is 0.758. The maximum Gasteiger partial charge on any atom is 0.328 e. The number of fused-ring (bicyclic) bond motifs is 1. The molecule has 0 saturated carbocycles. The fourth-order valence-electron chi connectivity index (χ4n) is 2.79. The Labute approximate surface area is 158 Å². The summed E-state index contributed by atoms with van der Waals surface area (Å²) in [5.74, 6) is 0.552. The Morgan fingerprint density at radius 1 is 1.07 bits per heavy atom. The van der Waals surface area contributed by atoms with Gasteiger partial charge in [0.15, 0.2) is 11.5 Å². The van der Waals surface area contributed by atoms with Crippen molar-refractivity contribution in [3.63, 3.8) is 0 Å². The smallest absolute Gasteiger partial charge is 0.328 e. The molecular formula is C21H23NO5. The molecule has 1 aliphatic rings. The third-order valence-electron chi connectivity index (χ3n) is 4.16. The number of rotatable bonds is 7. The molecule has 142 valence electrons. The minimum atomic E-state index is -0.716. The van der Waals surface area contributed by atoms with Crippen LogP contribution < -0.4 is 14.8 Å². The normalized spacial score (nSPS) is 13.3. The van der Waals surface area contributed by atoms with Crippen LogP contribution in [-0.2, 0) is 16.1 Å². The fraction of sp³-hybridized carbons (Fsp3) is 0.333. The van der Waals surface area contributed by atoms with Gasteiger partial charge in [0.2, 0.25) is 6.79 Å². The first-order valence-corrected chi connectivity index (χ1v) is 8.94. The van der Waals surface area contributed by atoms with E-state index in [0.717, 1.165) is 5.56 Å². The van der Waals surface area contributed by atoms with E-state index >= 15 is 0 Å². The largest absolute Gasteiger partial charge is 0.459 e. The number of benzene rings is 2. The number of esters is 1. The summed E-state index contributed by atoms with van der Waals surface area (Å²) in [5.41, 5.74) is 1.31. The van der Waals surface area contributed by atoms with Gasteiger partial charge in [0.1, 0.15) is 12.6 Å². The second kappa shape index (κ2) is 8.58. The van der Waals surface area contributed by atoms with Crippen LogP contribution in [0.15, 0.2) is 48.5 Å². The van der Waals surface area contributed by atoms with Gasteiger partial charge in [-0.2, -0.15) is 0 Å². The maximum atomic E-state index is 12.6. The number of hydrogen-bond acceptors (Lipinski definition) is 5. The molecule has 27 heavy (non-hydrogen) atoms. The summed E-state index contributed by atoms with van der Waals surface area (Å²) < 4.78 is 16.0. The molecule has 3 rings (SSSR count). The van der Waals surface area contributed by atoms with Gasteiger partial charge in [-0.15, -0.1) is 0 Å². The van der Waals surface area contributed by atoms with Gasteiger partial charge in [-0.3, -0.25) is 4.79 Å². The monoisotopic (exact) mass is 369 g/mol. The molecule has 0 spiro atoms. The molecule has 0 saturated heterocycles. The average molecular weight is 369 g/mol. The van der Waals surface area contributed by atoms with Gasteiger partial charge in [-0.1, -0.05) is 44.2 Å². The number of hydrogen-bond donors (Lipinski definition) is 1. The average Bonchev–Trinajstić information content (AvgIpc) is 3.13. The van der Waals surface area contributed by atoms with Crippen molar-refractivity contribution in [3.05, 3.63) is 59.7 Å². The highest BCUT2D eigenvalue weighted by Crippen LogP contribution is 2.32. The predicted octanol–water partition coefficient (Wildman–Crippen LogP) is 3.30. The first kappa shape index (κ1) is 18.8. The number of carbonyl (C=O) groups is 2. The molecule has 2 aromatic rings. The summed E-state index contributed by atoms with van der Waals surface area (Å²) in [5, 5.41) is 2.78. The molecule has 0 bridgehead atoms. The van der Waals surface area contributed by atoms with E-state index in [4.69, 9.17) is 14.2 Å². The minimum Gasteiger partial charge on any atom is -0.459 e. The zero-order valence-corrected chi connectivity index (χ0v) is 15.4. The molecular weight excluding hydrogens is 346 g/mol. The Bertz CT molecular complexity index is 803. The van der Waals surface area contributed by atoms with E-state index in [1.165, 1.54) is 0 Å². The van der Waals surface area contributed by atoms with Crippen LogP contribution in [0.5, 0.6) is 11.5 Å². The Morgan fingerprint density at radius 3 is 2.56 bits per heavy atom. The highest BCUT2D eigenvalue weighted by Gasteiger charge is 2.25. The zero-order valence-electron chi connectivity index (χ0n) is 15.4. The van der Waals surface area contributed by atoms with Crippen LogP contribution in [0, 0.1) is 5.92 Å². The molecule has 1 unspecified atom stereocenters. The summed E-state index contributed by atoms with van der Waals surface area (Å²) in [6.45, 7) is 4.30. The number of amides is 1. The van der Waals surface area contributed by atoms with Gasteiger partial charge in [0.05, 0.1) is 0 Å². The standard InChI is InChI=1S/C21H23NO5/c1-14(2)10-17(21(24)25-12-15-6-4-3-5-7-15)22-20(23)16-8-9-18-19(11-16)27-13-26-18/h3-9,11,14,17H,10,12-13H2,1-2H3,(H,22,23). The number of nitrogens with one attached hydrogen (secondary N) is 1. The Kier molecular flexibility index (Phi) is 5.96. The van der Waals surface area contributed by atoms with Crippen molar-refractivity contribution in [2.75, 3.05) is 6.79 Å². The van der Waals surface area contributed by atoms with Crippen molar-refractivity contribution in [1.29, 1.82) is 0 Å². The van der Waals surface area contributed by atoms with Crippen LogP contribution in [0.1, 0.15) is 36.2 Å². The Morgan fingerprint density at radius 2 is 1.81 bits per heavy atom. The topological polar surface area (TPSA) is 73.9 Å². The lowest BCUT2D eigenvalue weighted by Gasteiger charge is -2.19. The van der Waals surface area contributed by atoms with Gasteiger partial charge in [0, 0.05) is 5.56 Å². The predicted molar refractivity (Wildman–Crippen MR) is 99.5 cm³/mol. The Hall–Kier alpha value is -3.02. The molecule has 1 heterocycles. The van der Waals surface area contributed by atoms with E-state index in [9.17, 15) is 9.59 Å². The third kappa shape index (κ3) is 5.00. The number of carbonyl (C=O) groups excluding carboxylic acids is 2. The van der Waals surface area contributed by atoms with Crippen molar-refractivity contribution in [1.82, 2.24) is 5.32 Å². The second-order valence-electron chi connectivity index (χ2n) is 6.82. The van der Waals surface area contributed by atoms with Crippen molar-refractivity contribution < 1.29 is 23.8 Å². The molecule has 0 aliphatic carbocycles. The molecule has 6 nitrogen and oxygen atoms in total. The van der Waals surface area contributed by atoms with E-state index in [-0.39, 0.29) is 25.2 Å². The van der Waals surface area contributed by atoms with Crippen molar-refractivity contribution in [3.8, 4) is 11.5 Å². The summed E-state index contributed by atoms with van der Waals surface area (Å²) in [7, 11) is 0. The minimum absolute atomic E-state index is 0.141. The maximum absolute atomic E-state index is 12.6. The molecule has 1 amide bonds. The molecule has 1 atom stereocenters. The van der Waals surface area contributed by atoms with Gasteiger partial charge in [-0.05, 0) is 36.1 Å². The lowest BCUT2D eigenvalue weighted by atomic mass is 10.0. The summed E-state index contributed by atoms with van der Waals surface area (Å²) >= 11 is 0. The van der Waals surface area contributed by atoms with E-state index in [1.54, 1.807) is 18.2 Å². The molecule has 1 aliphatic heterocycles. The van der Waals surface area contributed by atoms with Crippen LogP contribution in [0.25, 0.3) is 0 Å². The van der Waals surface area contributed by atoms with Gasteiger partial charge >= 0.3 is 5.97 Å². The van der Waals surface area contributed by atoms with E-state index in [0.29, 0.717) is 23.5 Å².